The maximum Gasteiger partial charge on any atom is 0.491 e. The Hall–Kier alpha value is -5.24. The van der Waals surface area contributed by atoms with Crippen molar-refractivity contribution in [2.75, 3.05) is 0 Å². The summed E-state index contributed by atoms with van der Waals surface area (Å²) in [5, 5.41) is 85.4. The third-order valence-corrected chi connectivity index (χ3v) is 7.66. The van der Waals surface area contributed by atoms with E-state index in [4.69, 9.17) is 50.2 Å². The van der Waals surface area contributed by atoms with Crippen LogP contribution in [0, 0.1) is 34.9 Å². The van der Waals surface area contributed by atoms with Crippen molar-refractivity contribution in [3.63, 3.8) is 0 Å². The number of alkyl halides is 12. The van der Waals surface area contributed by atoms with Crippen molar-refractivity contribution in [1.29, 1.82) is 0 Å². The molecule has 0 radical (unpaired) electrons. The van der Waals surface area contributed by atoms with E-state index >= 15 is 0 Å². The molecule has 362 valence electrons. The zero-order chi connectivity index (χ0) is 52.2. The van der Waals surface area contributed by atoms with Crippen LogP contribution in [0.2, 0.25) is 0 Å². The van der Waals surface area contributed by atoms with Crippen molar-refractivity contribution in [2.45, 2.75) is 24.7 Å². The highest BCUT2D eigenvalue weighted by atomic mass is 19.4. The second-order valence-electron chi connectivity index (χ2n) is 12.4. The van der Waals surface area contributed by atoms with Crippen molar-refractivity contribution in [2.24, 2.45) is 0 Å². The first-order valence-corrected chi connectivity index (χ1v) is 17.1. The normalized spacial score (nSPS) is 11.3. The molecule has 0 saturated heterocycles. The van der Waals surface area contributed by atoms with Crippen LogP contribution in [0.5, 0.6) is 0 Å². The van der Waals surface area contributed by atoms with Crippen molar-refractivity contribution in [3.05, 3.63) is 148 Å². The topological polar surface area (TPSA) is 202 Å². The molecular weight excluding hydrogens is 964 g/mol. The molecule has 0 spiro atoms. The Kier molecular flexibility index (Phi) is 22.0. The van der Waals surface area contributed by atoms with Gasteiger partial charge in [-0.2, -0.15) is 52.7 Å². The van der Waals surface area contributed by atoms with Crippen LogP contribution < -0.4 is 27.3 Å². The molecule has 0 aliphatic carbocycles. The van der Waals surface area contributed by atoms with Crippen molar-refractivity contribution < 1.29 is 129 Å². The van der Waals surface area contributed by atoms with E-state index in [2.05, 4.69) is 0 Å². The number of hydrogen-bond donors (Lipinski definition) is 10. The minimum Gasteiger partial charge on any atom is -0.423 e. The number of halogens is 18. The zero-order valence-corrected chi connectivity index (χ0v) is 32.3. The second-order valence-corrected chi connectivity index (χ2v) is 12.4. The van der Waals surface area contributed by atoms with Crippen LogP contribution >= 0.6 is 0 Å². The van der Waals surface area contributed by atoms with Gasteiger partial charge in [-0.1, -0.05) is 42.5 Å². The SMILES string of the molecule is OB(O)c1cc(F)ccc1F.OB(O)c1ccc(C(F)(F)F)cc1C(F)(F)F.OB(O)c1ccc(C(F)(F)F)cc1C(F)(F)F.OB(O)c1ccc(F)cc1F.OB(O)c1cccc(F)c1F. The molecule has 33 heteroatoms. The number of rotatable bonds is 5. The second kappa shape index (κ2) is 24.7. The molecule has 0 aromatic heterocycles. The first-order chi connectivity index (χ1) is 30.4. The lowest BCUT2D eigenvalue weighted by molar-refractivity contribution is -0.144. The Balaban J connectivity index is 0.000000425. The van der Waals surface area contributed by atoms with Crippen LogP contribution in [0.1, 0.15) is 22.3 Å². The Bertz CT molecular complexity index is 2280. The molecule has 5 aromatic rings. The quantitative estimate of drug-likeness (QED) is 0.0915. The minimum atomic E-state index is -5.10. The van der Waals surface area contributed by atoms with Gasteiger partial charge in [-0.05, 0) is 53.4 Å². The van der Waals surface area contributed by atoms with Gasteiger partial charge < -0.3 is 50.2 Å². The van der Waals surface area contributed by atoms with E-state index in [1.165, 1.54) is 6.07 Å². The first kappa shape index (κ1) is 59.8. The van der Waals surface area contributed by atoms with E-state index in [1.807, 2.05) is 0 Å². The minimum absolute atomic E-state index is 0.158. The lowest BCUT2D eigenvalue weighted by Gasteiger charge is -2.15. The van der Waals surface area contributed by atoms with Gasteiger partial charge in [0.15, 0.2) is 11.6 Å². The average molecular weight is 990 g/mol. The molecule has 0 aliphatic rings. The summed E-state index contributed by atoms with van der Waals surface area (Å²) < 4.78 is 222. The van der Waals surface area contributed by atoms with Gasteiger partial charge in [0.1, 0.15) is 23.3 Å². The Morgan fingerprint density at radius 3 is 0.970 bits per heavy atom. The molecule has 67 heavy (non-hydrogen) atoms. The molecule has 0 saturated carbocycles. The fraction of sp³-hybridized carbons (Fsp3) is 0.118. The molecule has 0 bridgehead atoms. The summed E-state index contributed by atoms with van der Waals surface area (Å²) in [5.74, 6) is -5.54. The molecule has 0 amide bonds. The lowest BCUT2D eigenvalue weighted by atomic mass is 9.76. The van der Waals surface area contributed by atoms with Crippen LogP contribution in [0.15, 0.2) is 91.0 Å². The summed E-state index contributed by atoms with van der Waals surface area (Å²) in [6.45, 7) is 0. The summed E-state index contributed by atoms with van der Waals surface area (Å²) in [4.78, 5) is 0. The summed E-state index contributed by atoms with van der Waals surface area (Å²) >= 11 is 0. The van der Waals surface area contributed by atoms with Crippen molar-refractivity contribution in [3.8, 4) is 0 Å². The van der Waals surface area contributed by atoms with Gasteiger partial charge in [0.2, 0.25) is 0 Å². The van der Waals surface area contributed by atoms with Gasteiger partial charge in [0.25, 0.3) is 0 Å². The zero-order valence-electron chi connectivity index (χ0n) is 32.3. The fourth-order valence-corrected chi connectivity index (χ4v) is 4.55. The molecule has 0 aliphatic heterocycles. The highest BCUT2D eigenvalue weighted by molar-refractivity contribution is 6.60. The van der Waals surface area contributed by atoms with Crippen LogP contribution in [0.4, 0.5) is 79.0 Å². The smallest absolute Gasteiger partial charge is 0.423 e. The van der Waals surface area contributed by atoms with Gasteiger partial charge in [0, 0.05) is 22.5 Å². The molecule has 0 heterocycles. The molecule has 10 nitrogen and oxygen atoms in total. The molecule has 5 aromatic carbocycles. The predicted octanol–water partition coefficient (Wildman–Crippen LogP) is 1.74. The monoisotopic (exact) mass is 990 g/mol. The Morgan fingerprint density at radius 1 is 0.299 bits per heavy atom. The number of benzene rings is 5. The highest BCUT2D eigenvalue weighted by Crippen LogP contribution is 2.35. The molecule has 0 atom stereocenters. The van der Waals surface area contributed by atoms with Crippen molar-refractivity contribution >= 4 is 62.9 Å². The van der Waals surface area contributed by atoms with Crippen LogP contribution in [0.3, 0.4) is 0 Å². The molecular formula is C34H25B5F18O10. The molecule has 5 rings (SSSR count). The third kappa shape index (κ3) is 19.1. The van der Waals surface area contributed by atoms with Gasteiger partial charge in [-0.15, -0.1) is 0 Å². The van der Waals surface area contributed by atoms with E-state index in [1.54, 1.807) is 0 Å². The third-order valence-electron chi connectivity index (χ3n) is 7.66. The number of hydrogen-bond acceptors (Lipinski definition) is 10. The summed E-state index contributed by atoms with van der Waals surface area (Å²) in [5.41, 5.74) is -9.73. The summed E-state index contributed by atoms with van der Waals surface area (Å²) in [7, 11) is -10.8. The molecule has 10 N–H and O–H groups in total. The molecule has 0 unspecified atom stereocenters. The van der Waals surface area contributed by atoms with Gasteiger partial charge >= 0.3 is 60.3 Å². The van der Waals surface area contributed by atoms with Crippen LogP contribution in [0.25, 0.3) is 0 Å². The predicted molar refractivity (Wildman–Crippen MR) is 201 cm³/mol. The van der Waals surface area contributed by atoms with Crippen LogP contribution in [-0.2, 0) is 24.7 Å². The first-order valence-electron chi connectivity index (χ1n) is 17.1. The summed E-state index contributed by atoms with van der Waals surface area (Å²) in [6, 6.07) is 9.37. The van der Waals surface area contributed by atoms with Crippen molar-refractivity contribution in [1.82, 2.24) is 0 Å². The fourth-order valence-electron chi connectivity index (χ4n) is 4.55. The molecule has 0 fully saturated rings. The van der Waals surface area contributed by atoms with E-state index in [9.17, 15) is 79.0 Å². The largest absolute Gasteiger partial charge is 0.491 e. The average Bonchev–Trinajstić information content (AvgIpc) is 3.18. The van der Waals surface area contributed by atoms with Gasteiger partial charge in [-0.3, -0.25) is 0 Å². The van der Waals surface area contributed by atoms with E-state index in [-0.39, 0.29) is 17.6 Å². The lowest BCUT2D eigenvalue weighted by Crippen LogP contribution is -2.36. The maximum atomic E-state index is 12.6. The summed E-state index contributed by atoms with van der Waals surface area (Å²) in [6.07, 6.45) is -20.1. The van der Waals surface area contributed by atoms with E-state index < -0.39 is 139 Å². The van der Waals surface area contributed by atoms with Crippen LogP contribution in [-0.4, -0.2) is 85.8 Å². The highest BCUT2D eigenvalue weighted by Gasteiger charge is 2.41. The Labute approximate surface area is 365 Å². The van der Waals surface area contributed by atoms with E-state index in [0.717, 1.165) is 42.5 Å². The maximum absolute atomic E-state index is 12.6. The van der Waals surface area contributed by atoms with E-state index in [0.29, 0.717) is 30.3 Å². The standard InChI is InChI=1S/2C8H5BF6O2.3C6H5BF2O2/c2*10-7(11,12)4-1-2-6(9(16)17)5(3-4)8(13,14)15;8-4-1-2-6(9)5(3-4)7(10)11;8-4-1-2-5(7(10)11)6(9)3-4;8-5-3-1-2-4(6(5)9)7(10)11/h2*1-3,16-17H;3*1-3,10-11H. The van der Waals surface area contributed by atoms with Gasteiger partial charge in [-0.25, -0.2) is 26.3 Å². The van der Waals surface area contributed by atoms with Gasteiger partial charge in [0.05, 0.1) is 22.3 Å². The Morgan fingerprint density at radius 2 is 0.657 bits per heavy atom.